The molecule has 1 N–H and O–H groups in total. The van der Waals surface area contributed by atoms with Crippen molar-refractivity contribution in [1.82, 2.24) is 20.1 Å². The maximum absolute atomic E-state index is 5.65. The zero-order chi connectivity index (χ0) is 12.1. The molecule has 0 bridgehead atoms. The zero-order valence-electron chi connectivity index (χ0n) is 10.1. The number of pyridine rings is 1. The van der Waals surface area contributed by atoms with Crippen LogP contribution in [0.15, 0.2) is 30.9 Å². The molecule has 0 fully saturated rings. The molecule has 2 heterocycles. The maximum atomic E-state index is 5.65. The fourth-order valence-corrected chi connectivity index (χ4v) is 1.47. The summed E-state index contributed by atoms with van der Waals surface area (Å²) < 4.78 is 7.35. The lowest BCUT2D eigenvalue weighted by Gasteiger charge is -2.05. The molecule has 2 aromatic heterocycles. The highest BCUT2D eigenvalue weighted by atomic mass is 16.5. The Morgan fingerprint density at radius 2 is 2.18 bits per heavy atom. The van der Waals surface area contributed by atoms with E-state index in [4.69, 9.17) is 4.74 Å². The first kappa shape index (κ1) is 11.6. The molecule has 0 aliphatic rings. The van der Waals surface area contributed by atoms with Gasteiger partial charge in [0.1, 0.15) is 5.75 Å². The molecule has 0 aliphatic carbocycles. The van der Waals surface area contributed by atoms with E-state index in [1.54, 1.807) is 17.1 Å². The highest BCUT2D eigenvalue weighted by Crippen LogP contribution is 2.20. The van der Waals surface area contributed by atoms with E-state index in [1.165, 1.54) is 0 Å². The van der Waals surface area contributed by atoms with Crippen molar-refractivity contribution in [1.29, 1.82) is 0 Å². The quantitative estimate of drug-likeness (QED) is 0.852. The van der Waals surface area contributed by atoms with Crippen LogP contribution in [0.3, 0.4) is 0 Å². The van der Waals surface area contributed by atoms with Crippen LogP contribution in [-0.4, -0.2) is 21.3 Å². The molecule has 2 aromatic rings. The van der Waals surface area contributed by atoms with Crippen LogP contribution in [0.5, 0.6) is 11.5 Å². The molecule has 0 aliphatic heterocycles. The lowest BCUT2D eigenvalue weighted by atomic mass is 10.3. The number of nitrogens with zero attached hydrogens (tertiary/aromatic N) is 3. The van der Waals surface area contributed by atoms with E-state index in [-0.39, 0.29) is 0 Å². The second-order valence-corrected chi connectivity index (χ2v) is 3.76. The second-order valence-electron chi connectivity index (χ2n) is 3.76. The molecule has 90 valence electrons. The smallest absolute Gasteiger partial charge is 0.165 e. The van der Waals surface area contributed by atoms with Crippen molar-refractivity contribution in [2.24, 2.45) is 7.05 Å². The molecular weight excluding hydrogens is 216 g/mol. The van der Waals surface area contributed by atoms with Crippen LogP contribution in [0, 0.1) is 0 Å². The topological polar surface area (TPSA) is 52.0 Å². The van der Waals surface area contributed by atoms with Crippen molar-refractivity contribution in [3.8, 4) is 11.5 Å². The van der Waals surface area contributed by atoms with Crippen LogP contribution in [0.1, 0.15) is 12.5 Å². The Morgan fingerprint density at radius 3 is 2.88 bits per heavy atom. The summed E-state index contributed by atoms with van der Waals surface area (Å²) in [5.74, 6) is 1.45. The van der Waals surface area contributed by atoms with Crippen molar-refractivity contribution >= 4 is 0 Å². The van der Waals surface area contributed by atoms with Crippen molar-refractivity contribution in [3.63, 3.8) is 0 Å². The van der Waals surface area contributed by atoms with Gasteiger partial charge in [-0.1, -0.05) is 6.92 Å². The van der Waals surface area contributed by atoms with E-state index < -0.39 is 0 Å². The summed E-state index contributed by atoms with van der Waals surface area (Å²) in [6, 6.07) is 1.97. The van der Waals surface area contributed by atoms with Crippen LogP contribution >= 0.6 is 0 Å². The van der Waals surface area contributed by atoms with Crippen LogP contribution in [-0.2, 0) is 13.6 Å². The Bertz CT molecular complexity index is 481. The first-order chi connectivity index (χ1) is 8.28. The summed E-state index contributed by atoms with van der Waals surface area (Å²) >= 11 is 0. The predicted molar refractivity (Wildman–Crippen MR) is 64.9 cm³/mol. The molecule has 0 unspecified atom stereocenters. The zero-order valence-corrected chi connectivity index (χ0v) is 10.1. The van der Waals surface area contributed by atoms with Gasteiger partial charge in [-0.2, -0.15) is 5.10 Å². The molecule has 0 saturated heterocycles. The van der Waals surface area contributed by atoms with Gasteiger partial charge in [-0.25, -0.2) is 0 Å². The molecule has 0 atom stereocenters. The van der Waals surface area contributed by atoms with E-state index in [0.29, 0.717) is 0 Å². The minimum atomic E-state index is 0.718. The number of hydrogen-bond acceptors (Lipinski definition) is 4. The fraction of sp³-hybridized carbons (Fsp3) is 0.333. The fourth-order valence-electron chi connectivity index (χ4n) is 1.47. The molecule has 0 spiro atoms. The predicted octanol–water partition coefficient (Wildman–Crippen LogP) is 1.72. The third-order valence-corrected chi connectivity index (χ3v) is 2.27. The van der Waals surface area contributed by atoms with Gasteiger partial charge in [-0.3, -0.25) is 9.67 Å². The van der Waals surface area contributed by atoms with Crippen molar-refractivity contribution in [2.45, 2.75) is 13.5 Å². The Morgan fingerprint density at radius 1 is 1.29 bits per heavy atom. The van der Waals surface area contributed by atoms with E-state index in [1.807, 2.05) is 25.5 Å². The van der Waals surface area contributed by atoms with Crippen LogP contribution in [0.25, 0.3) is 0 Å². The minimum absolute atomic E-state index is 0.718. The van der Waals surface area contributed by atoms with Gasteiger partial charge in [-0.15, -0.1) is 0 Å². The third kappa shape index (κ3) is 3.29. The van der Waals surface area contributed by atoms with E-state index in [9.17, 15) is 0 Å². The number of hydrogen-bond donors (Lipinski definition) is 1. The summed E-state index contributed by atoms with van der Waals surface area (Å²) in [5, 5.41) is 7.29. The van der Waals surface area contributed by atoms with Gasteiger partial charge in [-0.05, 0) is 18.2 Å². The van der Waals surface area contributed by atoms with Gasteiger partial charge in [0.2, 0.25) is 0 Å². The third-order valence-electron chi connectivity index (χ3n) is 2.27. The lowest BCUT2D eigenvalue weighted by Crippen LogP contribution is -2.11. The summed E-state index contributed by atoms with van der Waals surface area (Å²) in [5.41, 5.74) is 1.10. The van der Waals surface area contributed by atoms with Gasteiger partial charge in [0.15, 0.2) is 5.75 Å². The van der Waals surface area contributed by atoms with Gasteiger partial charge in [0.05, 0.1) is 18.6 Å². The van der Waals surface area contributed by atoms with E-state index in [2.05, 4.69) is 22.3 Å². The number of rotatable bonds is 5. The Hall–Kier alpha value is -1.88. The molecule has 2 rings (SSSR count). The monoisotopic (exact) mass is 232 g/mol. The highest BCUT2D eigenvalue weighted by molar-refractivity contribution is 5.28. The lowest BCUT2D eigenvalue weighted by molar-refractivity contribution is 0.478. The normalized spacial score (nSPS) is 10.5. The first-order valence-corrected chi connectivity index (χ1v) is 5.59. The van der Waals surface area contributed by atoms with Crippen LogP contribution in [0.2, 0.25) is 0 Å². The largest absolute Gasteiger partial charge is 0.452 e. The van der Waals surface area contributed by atoms with Gasteiger partial charge in [0, 0.05) is 19.8 Å². The van der Waals surface area contributed by atoms with Crippen molar-refractivity contribution < 1.29 is 4.74 Å². The second kappa shape index (κ2) is 5.45. The van der Waals surface area contributed by atoms with Crippen LogP contribution < -0.4 is 10.1 Å². The molecule has 5 nitrogen and oxygen atoms in total. The maximum Gasteiger partial charge on any atom is 0.165 e. The summed E-state index contributed by atoms with van der Waals surface area (Å²) in [7, 11) is 1.85. The van der Waals surface area contributed by atoms with E-state index >= 15 is 0 Å². The summed E-state index contributed by atoms with van der Waals surface area (Å²) in [6.45, 7) is 3.81. The molecule has 0 saturated carbocycles. The van der Waals surface area contributed by atoms with E-state index in [0.717, 1.165) is 30.2 Å². The minimum Gasteiger partial charge on any atom is -0.452 e. The molecular formula is C12H16N4O. The van der Waals surface area contributed by atoms with Gasteiger partial charge >= 0.3 is 0 Å². The van der Waals surface area contributed by atoms with Gasteiger partial charge in [0.25, 0.3) is 0 Å². The van der Waals surface area contributed by atoms with Gasteiger partial charge < -0.3 is 10.1 Å². The Balaban J connectivity index is 2.05. The number of ether oxygens (including phenoxy) is 1. The standard InChI is InChI=1S/C12H16N4O/c1-3-13-5-10-4-11(7-14-6-10)17-12-8-15-16(2)9-12/h4,6-9,13H,3,5H2,1-2H3. The number of nitrogens with one attached hydrogen (secondary N) is 1. The van der Waals surface area contributed by atoms with Crippen LogP contribution in [0.4, 0.5) is 0 Å². The molecule has 5 heteroatoms. The average molecular weight is 232 g/mol. The SMILES string of the molecule is CCNCc1cncc(Oc2cnn(C)c2)c1. The molecule has 17 heavy (non-hydrogen) atoms. The molecule has 0 radical (unpaired) electrons. The van der Waals surface area contributed by atoms with Crippen molar-refractivity contribution in [3.05, 3.63) is 36.4 Å². The number of aromatic nitrogens is 3. The van der Waals surface area contributed by atoms with Crippen molar-refractivity contribution in [2.75, 3.05) is 6.54 Å². The average Bonchev–Trinajstić information content (AvgIpc) is 2.73. The molecule has 0 amide bonds. The Labute approximate surface area is 100 Å². The number of aryl methyl sites for hydroxylation is 1. The summed E-state index contributed by atoms with van der Waals surface area (Å²) in [4.78, 5) is 4.15. The Kier molecular flexibility index (Phi) is 3.72. The highest BCUT2D eigenvalue weighted by Gasteiger charge is 2.01. The molecule has 0 aromatic carbocycles. The first-order valence-electron chi connectivity index (χ1n) is 5.59. The summed E-state index contributed by atoms with van der Waals surface area (Å²) in [6.07, 6.45) is 7.02.